The molecule has 30 heavy (non-hydrogen) atoms. The van der Waals surface area contributed by atoms with Crippen LogP contribution in [0.4, 0.5) is 0 Å². The molecule has 0 aliphatic carbocycles. The van der Waals surface area contributed by atoms with Crippen LogP contribution in [0.25, 0.3) is 0 Å². The van der Waals surface area contributed by atoms with Gasteiger partial charge in [0, 0.05) is 52.2 Å². The molecule has 0 spiro atoms. The fraction of sp³-hybridized carbons (Fsp3) is 0.667. The molecule has 6 heteroatoms. The van der Waals surface area contributed by atoms with E-state index < -0.39 is 0 Å². The highest BCUT2D eigenvalue weighted by atomic mass is 16.3. The van der Waals surface area contributed by atoms with Gasteiger partial charge in [-0.15, -0.1) is 0 Å². The van der Waals surface area contributed by atoms with Crippen molar-refractivity contribution in [1.29, 1.82) is 0 Å². The van der Waals surface area contributed by atoms with Crippen LogP contribution < -0.4 is 0 Å². The van der Waals surface area contributed by atoms with Crippen LogP contribution in [0.5, 0.6) is 11.5 Å². The summed E-state index contributed by atoms with van der Waals surface area (Å²) in [4.78, 5) is 26.8. The Balaban J connectivity index is 2.93. The number of carbonyl (C=O) groups excluding carboxylic acids is 2. The first-order valence-electron chi connectivity index (χ1n) is 10.7. The van der Waals surface area contributed by atoms with Crippen molar-refractivity contribution < 1.29 is 19.8 Å². The Labute approximate surface area is 181 Å². The summed E-state index contributed by atoms with van der Waals surface area (Å²) in [5, 5.41) is 21.5. The number of nitrogens with zero attached hydrogens (tertiary/aromatic N) is 2. The van der Waals surface area contributed by atoms with Crippen LogP contribution in [0.2, 0.25) is 0 Å². The normalized spacial score (nSPS) is 12.0. The van der Waals surface area contributed by atoms with Crippen LogP contribution in [0.3, 0.4) is 0 Å². The molecule has 0 aliphatic heterocycles. The lowest BCUT2D eigenvalue weighted by Gasteiger charge is -2.30. The maximum Gasteiger partial charge on any atom is 0.222 e. The van der Waals surface area contributed by atoms with Gasteiger partial charge in [-0.25, -0.2) is 0 Å². The number of phenolic OH excluding ortho intramolecular Hbond substituents is 2. The predicted molar refractivity (Wildman–Crippen MR) is 121 cm³/mol. The monoisotopic (exact) mass is 420 g/mol. The molecule has 0 fully saturated rings. The van der Waals surface area contributed by atoms with Gasteiger partial charge >= 0.3 is 0 Å². The van der Waals surface area contributed by atoms with Crippen LogP contribution in [-0.4, -0.2) is 60.0 Å². The number of hydrogen-bond acceptors (Lipinski definition) is 4. The number of benzene rings is 1. The highest BCUT2D eigenvalue weighted by Crippen LogP contribution is 2.43. The molecule has 0 unspecified atom stereocenters. The largest absolute Gasteiger partial charge is 0.508 e. The van der Waals surface area contributed by atoms with E-state index in [2.05, 4.69) is 0 Å². The Morgan fingerprint density at radius 1 is 0.733 bits per heavy atom. The van der Waals surface area contributed by atoms with E-state index in [1.807, 2.05) is 27.7 Å². The zero-order valence-corrected chi connectivity index (χ0v) is 20.0. The molecule has 0 aromatic heterocycles. The molecule has 0 saturated heterocycles. The van der Waals surface area contributed by atoms with Gasteiger partial charge in [0.15, 0.2) is 0 Å². The van der Waals surface area contributed by atoms with E-state index in [4.69, 9.17) is 0 Å². The van der Waals surface area contributed by atoms with Gasteiger partial charge in [0.2, 0.25) is 11.8 Å². The Morgan fingerprint density at radius 2 is 1.03 bits per heavy atom. The first-order chi connectivity index (χ1) is 13.7. The van der Waals surface area contributed by atoms with Crippen molar-refractivity contribution in [3.05, 3.63) is 23.3 Å². The lowest BCUT2D eigenvalue weighted by atomic mass is 9.75. The van der Waals surface area contributed by atoms with Gasteiger partial charge in [-0.1, -0.05) is 27.7 Å². The summed E-state index contributed by atoms with van der Waals surface area (Å²) >= 11 is 0. The summed E-state index contributed by atoms with van der Waals surface area (Å²) in [6, 6.07) is 3.32. The minimum atomic E-state index is -0.380. The van der Waals surface area contributed by atoms with Crippen molar-refractivity contribution >= 4 is 11.8 Å². The van der Waals surface area contributed by atoms with Crippen molar-refractivity contribution in [2.24, 2.45) is 0 Å². The molecule has 170 valence electrons. The van der Waals surface area contributed by atoms with Gasteiger partial charge in [0.1, 0.15) is 11.5 Å². The molecular formula is C24H40N2O4. The van der Waals surface area contributed by atoms with Gasteiger partial charge in [-0.3, -0.25) is 9.59 Å². The highest BCUT2D eigenvalue weighted by Gasteiger charge is 2.30. The van der Waals surface area contributed by atoms with Crippen LogP contribution >= 0.6 is 0 Å². The summed E-state index contributed by atoms with van der Waals surface area (Å²) in [5.74, 6) is 0.485. The van der Waals surface area contributed by atoms with Crippen LogP contribution in [-0.2, 0) is 20.4 Å². The van der Waals surface area contributed by atoms with E-state index in [0.717, 1.165) is 12.8 Å². The minimum absolute atomic E-state index is 0.0858. The molecule has 0 aliphatic rings. The average molecular weight is 421 g/mol. The summed E-state index contributed by atoms with van der Waals surface area (Å²) in [6.07, 6.45) is 3.76. The van der Waals surface area contributed by atoms with E-state index in [0.29, 0.717) is 36.8 Å². The summed E-state index contributed by atoms with van der Waals surface area (Å²) < 4.78 is 0. The molecule has 0 radical (unpaired) electrons. The highest BCUT2D eigenvalue weighted by molar-refractivity contribution is 5.75. The van der Waals surface area contributed by atoms with E-state index in [-0.39, 0.29) is 34.1 Å². The molecule has 2 N–H and O–H groups in total. The third-order valence-electron chi connectivity index (χ3n) is 5.95. The number of amides is 2. The zero-order valence-electron chi connectivity index (χ0n) is 20.0. The summed E-state index contributed by atoms with van der Waals surface area (Å²) in [7, 11) is 6.98. The van der Waals surface area contributed by atoms with Gasteiger partial charge < -0.3 is 20.0 Å². The SMILES string of the molecule is CN(C)C(=O)CCCC(C)(C)c1cc(O)c(C(C)(C)CCCC(=O)N(C)C)cc1O. The topological polar surface area (TPSA) is 81.1 Å². The van der Waals surface area contributed by atoms with Gasteiger partial charge in [0.05, 0.1) is 0 Å². The van der Waals surface area contributed by atoms with Crippen molar-refractivity contribution in [1.82, 2.24) is 9.80 Å². The average Bonchev–Trinajstić information content (AvgIpc) is 2.62. The minimum Gasteiger partial charge on any atom is -0.508 e. The number of rotatable bonds is 10. The van der Waals surface area contributed by atoms with Gasteiger partial charge in [0.25, 0.3) is 0 Å². The number of phenols is 2. The Kier molecular flexibility index (Phi) is 8.76. The first kappa shape index (κ1) is 25.8. The van der Waals surface area contributed by atoms with E-state index in [1.165, 1.54) is 0 Å². The quantitative estimate of drug-likeness (QED) is 0.557. The fourth-order valence-corrected chi connectivity index (χ4v) is 3.74. The molecule has 2 amide bonds. The smallest absolute Gasteiger partial charge is 0.222 e. The van der Waals surface area contributed by atoms with E-state index in [9.17, 15) is 19.8 Å². The fourth-order valence-electron chi connectivity index (χ4n) is 3.74. The Bertz CT molecular complexity index is 688. The Hall–Kier alpha value is -2.24. The second-order valence-electron chi connectivity index (χ2n) is 9.94. The van der Waals surface area contributed by atoms with Gasteiger partial charge in [-0.2, -0.15) is 0 Å². The standard InChI is InChI=1S/C24H40N2O4/c1-23(2,13-9-11-21(29)25(5)6)17-15-20(28)18(16-19(17)27)24(3,4)14-10-12-22(30)26(7)8/h15-16,27-28H,9-14H2,1-8H3. The molecule has 1 aromatic carbocycles. The predicted octanol–water partition coefficient (Wildman–Crippen LogP) is 4.17. The van der Waals surface area contributed by atoms with Crippen molar-refractivity contribution in [2.45, 2.75) is 77.0 Å². The maximum atomic E-state index is 11.8. The lowest BCUT2D eigenvalue weighted by molar-refractivity contribution is -0.129. The molecule has 0 heterocycles. The molecule has 1 aromatic rings. The number of carbonyl (C=O) groups is 2. The Morgan fingerprint density at radius 3 is 1.30 bits per heavy atom. The lowest BCUT2D eigenvalue weighted by Crippen LogP contribution is -2.24. The van der Waals surface area contributed by atoms with Gasteiger partial charge in [-0.05, 0) is 48.6 Å². The van der Waals surface area contributed by atoms with E-state index in [1.54, 1.807) is 50.1 Å². The number of aromatic hydroxyl groups is 2. The van der Waals surface area contributed by atoms with Crippen LogP contribution in [0.15, 0.2) is 12.1 Å². The summed E-state index contributed by atoms with van der Waals surface area (Å²) in [5.41, 5.74) is 0.600. The molecule has 0 atom stereocenters. The second kappa shape index (κ2) is 10.2. The molecule has 0 bridgehead atoms. The van der Waals surface area contributed by atoms with E-state index >= 15 is 0 Å². The molecule has 6 nitrogen and oxygen atoms in total. The third kappa shape index (κ3) is 6.92. The molecular weight excluding hydrogens is 380 g/mol. The van der Waals surface area contributed by atoms with Crippen molar-refractivity contribution in [2.75, 3.05) is 28.2 Å². The maximum absolute atomic E-state index is 11.8. The van der Waals surface area contributed by atoms with Crippen LogP contribution in [0, 0.1) is 0 Å². The number of hydrogen-bond donors (Lipinski definition) is 2. The third-order valence-corrected chi connectivity index (χ3v) is 5.95. The second-order valence-corrected chi connectivity index (χ2v) is 9.94. The van der Waals surface area contributed by atoms with Crippen molar-refractivity contribution in [3.63, 3.8) is 0 Å². The zero-order chi connectivity index (χ0) is 23.3. The summed E-state index contributed by atoms with van der Waals surface area (Å²) in [6.45, 7) is 8.05. The molecule has 0 saturated carbocycles. The van der Waals surface area contributed by atoms with Crippen LogP contribution in [0.1, 0.15) is 77.3 Å². The molecule has 1 rings (SSSR count). The van der Waals surface area contributed by atoms with Crippen molar-refractivity contribution in [3.8, 4) is 11.5 Å². The first-order valence-corrected chi connectivity index (χ1v) is 10.7.